The number of amides is 1. The van der Waals surface area contributed by atoms with E-state index >= 15 is 0 Å². The highest BCUT2D eigenvalue weighted by molar-refractivity contribution is 5.86. The van der Waals surface area contributed by atoms with E-state index in [1.54, 1.807) is 0 Å². The fourth-order valence-electron chi connectivity index (χ4n) is 3.36. The van der Waals surface area contributed by atoms with Crippen LogP contribution in [-0.2, 0) is 9.53 Å². The summed E-state index contributed by atoms with van der Waals surface area (Å²) in [7, 11) is 0. The third-order valence-electron chi connectivity index (χ3n) is 4.90. The maximum absolute atomic E-state index is 12.6. The third kappa shape index (κ3) is 3.76. The van der Waals surface area contributed by atoms with Crippen LogP contribution in [0.4, 0.5) is 0 Å². The Bertz CT molecular complexity index is 359. The highest BCUT2D eigenvalue weighted by atomic mass is 16.5. The van der Waals surface area contributed by atoms with E-state index < -0.39 is 0 Å². The Balaban J connectivity index is 1.90. The molecule has 1 amide bonds. The molecule has 0 bridgehead atoms. The Morgan fingerprint density at radius 3 is 2.62 bits per heavy atom. The molecule has 1 atom stereocenters. The second kappa shape index (κ2) is 7.07. The predicted octanol–water partition coefficient (Wildman–Crippen LogP) is 1.04. The molecule has 0 aromatic heterocycles. The maximum atomic E-state index is 12.6. The van der Waals surface area contributed by atoms with Crippen LogP contribution >= 0.6 is 0 Å². The molecular weight excluding hydrogens is 266 g/mol. The van der Waals surface area contributed by atoms with Crippen molar-refractivity contribution in [2.24, 2.45) is 0 Å². The SMILES string of the molecule is CCCN1CCN(CCN2CCOC[C@@H]2C)C(C)(C)C1=O. The van der Waals surface area contributed by atoms with E-state index in [0.717, 1.165) is 58.9 Å². The summed E-state index contributed by atoms with van der Waals surface area (Å²) in [6.07, 6.45) is 1.03. The van der Waals surface area contributed by atoms with Crippen LogP contribution in [0.15, 0.2) is 0 Å². The predicted molar refractivity (Wildman–Crippen MR) is 84.4 cm³/mol. The minimum absolute atomic E-state index is 0.283. The second-order valence-corrected chi connectivity index (χ2v) is 6.80. The summed E-state index contributed by atoms with van der Waals surface area (Å²) in [6.45, 7) is 15.9. The van der Waals surface area contributed by atoms with E-state index in [0.29, 0.717) is 6.04 Å². The zero-order chi connectivity index (χ0) is 15.5. The lowest BCUT2D eigenvalue weighted by atomic mass is 9.97. The average Bonchev–Trinajstić information content (AvgIpc) is 2.45. The Labute approximate surface area is 129 Å². The van der Waals surface area contributed by atoms with Gasteiger partial charge in [0.05, 0.1) is 18.8 Å². The number of carbonyl (C=O) groups excluding carboxylic acids is 1. The van der Waals surface area contributed by atoms with Gasteiger partial charge < -0.3 is 9.64 Å². The number of rotatable bonds is 5. The summed E-state index contributed by atoms with van der Waals surface area (Å²) in [5.41, 5.74) is -0.372. The summed E-state index contributed by atoms with van der Waals surface area (Å²) in [5.74, 6) is 0.283. The Kier molecular flexibility index (Phi) is 5.63. The molecule has 0 saturated carbocycles. The van der Waals surface area contributed by atoms with Crippen LogP contribution in [0.5, 0.6) is 0 Å². The summed E-state index contributed by atoms with van der Waals surface area (Å²) < 4.78 is 5.49. The minimum Gasteiger partial charge on any atom is -0.379 e. The molecule has 0 spiro atoms. The van der Waals surface area contributed by atoms with Crippen LogP contribution in [0.2, 0.25) is 0 Å². The molecule has 0 aromatic rings. The molecule has 0 aliphatic carbocycles. The van der Waals surface area contributed by atoms with Crippen molar-refractivity contribution in [3.8, 4) is 0 Å². The fraction of sp³-hybridized carbons (Fsp3) is 0.938. The molecule has 2 saturated heterocycles. The van der Waals surface area contributed by atoms with Gasteiger partial charge in [-0.25, -0.2) is 0 Å². The van der Waals surface area contributed by atoms with Crippen molar-refractivity contribution in [1.82, 2.24) is 14.7 Å². The normalized spacial score (nSPS) is 28.1. The first-order valence-corrected chi connectivity index (χ1v) is 8.33. The molecular formula is C16H31N3O2. The van der Waals surface area contributed by atoms with Crippen molar-refractivity contribution in [1.29, 1.82) is 0 Å². The lowest BCUT2D eigenvalue weighted by Crippen LogP contribution is -2.64. The van der Waals surface area contributed by atoms with E-state index in [9.17, 15) is 4.79 Å². The van der Waals surface area contributed by atoms with E-state index in [1.807, 2.05) is 4.90 Å². The second-order valence-electron chi connectivity index (χ2n) is 6.80. The third-order valence-corrected chi connectivity index (χ3v) is 4.90. The molecule has 0 N–H and O–H groups in total. The first-order valence-electron chi connectivity index (χ1n) is 8.33. The highest BCUT2D eigenvalue weighted by Crippen LogP contribution is 2.22. The Hall–Kier alpha value is -0.650. The fourth-order valence-corrected chi connectivity index (χ4v) is 3.36. The quantitative estimate of drug-likeness (QED) is 0.760. The summed E-state index contributed by atoms with van der Waals surface area (Å²) >= 11 is 0. The van der Waals surface area contributed by atoms with E-state index in [1.165, 1.54) is 0 Å². The average molecular weight is 297 g/mol. The molecule has 2 rings (SSSR count). The number of carbonyl (C=O) groups is 1. The number of piperazine rings is 1. The largest absolute Gasteiger partial charge is 0.379 e. The van der Waals surface area contributed by atoms with Crippen molar-refractivity contribution >= 4 is 5.91 Å². The molecule has 0 unspecified atom stereocenters. The molecule has 5 heteroatoms. The topological polar surface area (TPSA) is 36.0 Å². The zero-order valence-electron chi connectivity index (χ0n) is 14.1. The maximum Gasteiger partial charge on any atom is 0.242 e. The zero-order valence-corrected chi connectivity index (χ0v) is 14.1. The van der Waals surface area contributed by atoms with Gasteiger partial charge in [0.1, 0.15) is 0 Å². The minimum atomic E-state index is -0.372. The molecule has 5 nitrogen and oxygen atoms in total. The van der Waals surface area contributed by atoms with Gasteiger partial charge in [-0.3, -0.25) is 14.6 Å². The highest BCUT2D eigenvalue weighted by Gasteiger charge is 2.41. The number of hydrogen-bond donors (Lipinski definition) is 0. The smallest absolute Gasteiger partial charge is 0.242 e. The summed E-state index contributed by atoms with van der Waals surface area (Å²) in [4.78, 5) is 19.5. The summed E-state index contributed by atoms with van der Waals surface area (Å²) in [6, 6.07) is 0.485. The van der Waals surface area contributed by atoms with Crippen LogP contribution < -0.4 is 0 Å². The first kappa shape index (κ1) is 16.7. The van der Waals surface area contributed by atoms with Crippen molar-refractivity contribution in [2.75, 3.05) is 52.5 Å². The monoisotopic (exact) mass is 297 g/mol. The van der Waals surface area contributed by atoms with Crippen molar-refractivity contribution in [3.63, 3.8) is 0 Å². The standard InChI is InChI=1S/C16H31N3O2/c1-5-6-18-8-10-19(16(3,4)15(18)20)9-7-17-11-12-21-13-14(17)2/h14H,5-13H2,1-4H3/t14-/m0/s1. The Morgan fingerprint density at radius 2 is 1.95 bits per heavy atom. The van der Waals surface area contributed by atoms with Gasteiger partial charge in [-0.15, -0.1) is 0 Å². The Morgan fingerprint density at radius 1 is 1.19 bits per heavy atom. The van der Waals surface area contributed by atoms with Crippen LogP contribution in [-0.4, -0.2) is 84.7 Å². The lowest BCUT2D eigenvalue weighted by Gasteiger charge is -2.47. The van der Waals surface area contributed by atoms with Gasteiger partial charge in [-0.05, 0) is 27.2 Å². The van der Waals surface area contributed by atoms with E-state index in [4.69, 9.17) is 4.74 Å². The molecule has 0 radical (unpaired) electrons. The number of morpholine rings is 1. The number of hydrogen-bond acceptors (Lipinski definition) is 4. The van der Waals surface area contributed by atoms with Crippen molar-refractivity contribution in [3.05, 3.63) is 0 Å². The van der Waals surface area contributed by atoms with Crippen LogP contribution in [0, 0.1) is 0 Å². The van der Waals surface area contributed by atoms with Gasteiger partial charge in [-0.2, -0.15) is 0 Å². The molecule has 2 aliphatic heterocycles. The van der Waals surface area contributed by atoms with Gasteiger partial charge in [0.2, 0.25) is 5.91 Å². The van der Waals surface area contributed by atoms with Crippen LogP contribution in [0.1, 0.15) is 34.1 Å². The van der Waals surface area contributed by atoms with Crippen LogP contribution in [0.25, 0.3) is 0 Å². The molecule has 122 valence electrons. The van der Waals surface area contributed by atoms with Gasteiger partial charge in [0.25, 0.3) is 0 Å². The molecule has 21 heavy (non-hydrogen) atoms. The van der Waals surface area contributed by atoms with E-state index in [2.05, 4.69) is 37.5 Å². The number of nitrogens with zero attached hydrogens (tertiary/aromatic N) is 3. The molecule has 0 aromatic carbocycles. The first-order chi connectivity index (χ1) is 9.96. The van der Waals surface area contributed by atoms with Crippen LogP contribution in [0.3, 0.4) is 0 Å². The molecule has 2 aliphatic rings. The number of ether oxygens (including phenoxy) is 1. The van der Waals surface area contributed by atoms with Gasteiger partial charge in [0.15, 0.2) is 0 Å². The van der Waals surface area contributed by atoms with E-state index in [-0.39, 0.29) is 11.4 Å². The summed E-state index contributed by atoms with van der Waals surface area (Å²) in [5, 5.41) is 0. The van der Waals surface area contributed by atoms with Crippen molar-refractivity contribution < 1.29 is 9.53 Å². The van der Waals surface area contributed by atoms with Gasteiger partial charge in [-0.1, -0.05) is 6.92 Å². The molecule has 2 fully saturated rings. The van der Waals surface area contributed by atoms with Crippen molar-refractivity contribution in [2.45, 2.75) is 45.7 Å². The molecule has 2 heterocycles. The van der Waals surface area contributed by atoms with Gasteiger partial charge in [0, 0.05) is 45.3 Å². The lowest BCUT2D eigenvalue weighted by molar-refractivity contribution is -0.149. The van der Waals surface area contributed by atoms with Gasteiger partial charge >= 0.3 is 0 Å².